The summed E-state index contributed by atoms with van der Waals surface area (Å²) in [7, 11) is -3.39. The quantitative estimate of drug-likeness (QED) is 0.852. The Bertz CT molecular complexity index is 591. The maximum Gasteiger partial charge on any atom is 0.206 e. The molecule has 16 heavy (non-hydrogen) atoms. The van der Waals surface area contributed by atoms with Gasteiger partial charge in [-0.2, -0.15) is 0 Å². The van der Waals surface area contributed by atoms with E-state index in [0.29, 0.717) is 9.79 Å². The van der Waals surface area contributed by atoms with Crippen LogP contribution < -0.4 is 0 Å². The molecule has 0 saturated heterocycles. The summed E-state index contributed by atoms with van der Waals surface area (Å²) in [4.78, 5) is 0.612. The Kier molecular flexibility index (Phi) is 3.12. The zero-order chi connectivity index (χ0) is 11.6. The lowest BCUT2D eigenvalue weighted by Crippen LogP contribution is -2.01. The van der Waals surface area contributed by atoms with E-state index in [1.54, 1.807) is 54.6 Å². The molecular formula is C12H9BrO2S. The van der Waals surface area contributed by atoms with Gasteiger partial charge in [0.2, 0.25) is 9.84 Å². The Labute approximate surface area is 103 Å². The first-order valence-corrected chi connectivity index (χ1v) is 6.94. The third kappa shape index (κ3) is 2.18. The minimum Gasteiger partial charge on any atom is -0.219 e. The molecule has 0 saturated carbocycles. The average Bonchev–Trinajstić information content (AvgIpc) is 2.30. The van der Waals surface area contributed by atoms with E-state index in [4.69, 9.17) is 0 Å². The number of hydrogen-bond donors (Lipinski definition) is 0. The zero-order valence-corrected chi connectivity index (χ0v) is 10.7. The fraction of sp³-hybridized carbons (Fsp3) is 0. The predicted molar refractivity (Wildman–Crippen MR) is 66.0 cm³/mol. The van der Waals surface area contributed by atoms with Gasteiger partial charge in [-0.05, 0) is 30.3 Å². The number of rotatable bonds is 2. The van der Waals surface area contributed by atoms with Crippen molar-refractivity contribution in [1.82, 2.24) is 0 Å². The highest BCUT2D eigenvalue weighted by atomic mass is 79.9. The van der Waals surface area contributed by atoms with Crippen molar-refractivity contribution < 1.29 is 8.42 Å². The predicted octanol–water partition coefficient (Wildman–Crippen LogP) is 3.28. The van der Waals surface area contributed by atoms with Gasteiger partial charge in [-0.15, -0.1) is 0 Å². The molecule has 2 nitrogen and oxygen atoms in total. The maximum absolute atomic E-state index is 12.2. The van der Waals surface area contributed by atoms with Crippen molar-refractivity contribution in [3.05, 3.63) is 59.1 Å². The van der Waals surface area contributed by atoms with Gasteiger partial charge in [-0.1, -0.05) is 40.2 Å². The lowest BCUT2D eigenvalue weighted by atomic mass is 10.4. The number of hydrogen-bond acceptors (Lipinski definition) is 2. The van der Waals surface area contributed by atoms with Crippen LogP contribution in [-0.4, -0.2) is 8.42 Å². The Morgan fingerprint density at radius 1 is 0.812 bits per heavy atom. The summed E-state index contributed by atoms with van der Waals surface area (Å²) < 4.78 is 25.1. The smallest absolute Gasteiger partial charge is 0.206 e. The van der Waals surface area contributed by atoms with E-state index in [1.807, 2.05) is 0 Å². The van der Waals surface area contributed by atoms with E-state index in [-0.39, 0.29) is 0 Å². The van der Waals surface area contributed by atoms with Crippen LogP contribution in [0.4, 0.5) is 0 Å². The van der Waals surface area contributed by atoms with Crippen LogP contribution in [-0.2, 0) is 9.84 Å². The fourth-order valence-corrected chi connectivity index (χ4v) is 3.25. The van der Waals surface area contributed by atoms with Gasteiger partial charge in [-0.25, -0.2) is 8.42 Å². The van der Waals surface area contributed by atoms with Crippen LogP contribution in [0.1, 0.15) is 0 Å². The number of sulfone groups is 1. The van der Waals surface area contributed by atoms with E-state index in [9.17, 15) is 8.42 Å². The summed E-state index contributed by atoms with van der Waals surface area (Å²) in [5.74, 6) is 0. The molecule has 0 aliphatic heterocycles. The van der Waals surface area contributed by atoms with Gasteiger partial charge >= 0.3 is 0 Å². The summed E-state index contributed by atoms with van der Waals surface area (Å²) in [6.45, 7) is 0. The fourth-order valence-electron chi connectivity index (χ4n) is 1.37. The van der Waals surface area contributed by atoms with E-state index in [0.717, 1.165) is 4.47 Å². The standard InChI is InChI=1S/C12H9BrO2S/c13-10-5-4-8-12(9-10)16(14,15)11-6-2-1-3-7-11/h1-9H. The third-order valence-corrected chi connectivity index (χ3v) is 4.42. The van der Waals surface area contributed by atoms with E-state index in [1.165, 1.54) is 0 Å². The summed E-state index contributed by atoms with van der Waals surface area (Å²) in [5.41, 5.74) is 0. The van der Waals surface area contributed by atoms with Crippen LogP contribution in [0.3, 0.4) is 0 Å². The third-order valence-electron chi connectivity index (χ3n) is 2.16. The van der Waals surface area contributed by atoms with Gasteiger partial charge < -0.3 is 0 Å². The van der Waals surface area contributed by atoms with Gasteiger partial charge in [-0.3, -0.25) is 0 Å². The molecule has 0 N–H and O–H groups in total. The Morgan fingerprint density at radius 2 is 1.44 bits per heavy atom. The van der Waals surface area contributed by atoms with Crippen LogP contribution in [0.25, 0.3) is 0 Å². The second kappa shape index (κ2) is 4.39. The lowest BCUT2D eigenvalue weighted by Gasteiger charge is -2.04. The molecule has 0 fully saturated rings. The molecule has 0 bridgehead atoms. The van der Waals surface area contributed by atoms with Crippen molar-refractivity contribution in [2.24, 2.45) is 0 Å². The van der Waals surface area contributed by atoms with Crippen LogP contribution in [0, 0.1) is 0 Å². The van der Waals surface area contributed by atoms with Crippen LogP contribution in [0.5, 0.6) is 0 Å². The first kappa shape index (κ1) is 11.4. The SMILES string of the molecule is O=S(=O)(c1ccccc1)c1cccc(Br)c1. The normalized spacial score (nSPS) is 11.3. The number of halogens is 1. The van der Waals surface area contributed by atoms with E-state index < -0.39 is 9.84 Å². The van der Waals surface area contributed by atoms with Gasteiger partial charge in [0.25, 0.3) is 0 Å². The molecule has 2 aromatic carbocycles. The molecule has 0 aliphatic rings. The molecular weight excluding hydrogens is 288 g/mol. The average molecular weight is 297 g/mol. The van der Waals surface area contributed by atoms with Gasteiger partial charge in [0.05, 0.1) is 9.79 Å². The highest BCUT2D eigenvalue weighted by Crippen LogP contribution is 2.22. The highest BCUT2D eigenvalue weighted by molar-refractivity contribution is 9.10. The summed E-state index contributed by atoms with van der Waals surface area (Å²) >= 11 is 3.26. The molecule has 0 amide bonds. The second-order valence-corrected chi connectivity index (χ2v) is 6.14. The van der Waals surface area contributed by atoms with Crippen LogP contribution >= 0.6 is 15.9 Å². The monoisotopic (exact) mass is 296 g/mol. The van der Waals surface area contributed by atoms with Crippen molar-refractivity contribution in [2.45, 2.75) is 9.79 Å². The summed E-state index contributed by atoms with van der Waals surface area (Å²) in [6.07, 6.45) is 0. The second-order valence-electron chi connectivity index (χ2n) is 3.27. The summed E-state index contributed by atoms with van der Waals surface area (Å²) in [6, 6.07) is 15.1. The van der Waals surface area contributed by atoms with Crippen LogP contribution in [0.2, 0.25) is 0 Å². The summed E-state index contributed by atoms with van der Waals surface area (Å²) in [5, 5.41) is 0. The molecule has 0 aromatic heterocycles. The Balaban J connectivity index is 2.56. The van der Waals surface area contributed by atoms with Gasteiger partial charge in [0.1, 0.15) is 0 Å². The van der Waals surface area contributed by atoms with Crippen molar-refractivity contribution in [1.29, 1.82) is 0 Å². The minimum absolute atomic E-state index is 0.299. The molecule has 2 aromatic rings. The molecule has 0 aliphatic carbocycles. The molecule has 4 heteroatoms. The molecule has 0 unspecified atom stereocenters. The van der Waals surface area contributed by atoms with Crippen molar-refractivity contribution in [3.8, 4) is 0 Å². The molecule has 2 rings (SSSR count). The molecule has 0 heterocycles. The lowest BCUT2D eigenvalue weighted by molar-refractivity contribution is 0.596. The maximum atomic E-state index is 12.2. The Hall–Kier alpha value is -1.13. The first-order valence-electron chi connectivity index (χ1n) is 4.66. The topological polar surface area (TPSA) is 34.1 Å². The van der Waals surface area contributed by atoms with Crippen molar-refractivity contribution >= 4 is 25.8 Å². The largest absolute Gasteiger partial charge is 0.219 e. The molecule has 0 radical (unpaired) electrons. The van der Waals surface area contributed by atoms with Crippen molar-refractivity contribution in [3.63, 3.8) is 0 Å². The highest BCUT2D eigenvalue weighted by Gasteiger charge is 2.16. The number of benzene rings is 2. The minimum atomic E-state index is -3.39. The first-order chi connectivity index (χ1) is 7.60. The van der Waals surface area contributed by atoms with E-state index in [2.05, 4.69) is 15.9 Å². The zero-order valence-electron chi connectivity index (χ0n) is 8.30. The molecule has 0 atom stereocenters. The van der Waals surface area contributed by atoms with Crippen molar-refractivity contribution in [2.75, 3.05) is 0 Å². The Morgan fingerprint density at radius 3 is 2.06 bits per heavy atom. The van der Waals surface area contributed by atoms with Gasteiger partial charge in [0.15, 0.2) is 0 Å². The van der Waals surface area contributed by atoms with Gasteiger partial charge in [0, 0.05) is 4.47 Å². The van der Waals surface area contributed by atoms with Crippen LogP contribution in [0.15, 0.2) is 68.9 Å². The molecule has 0 spiro atoms. The molecule has 82 valence electrons. The van der Waals surface area contributed by atoms with E-state index >= 15 is 0 Å².